The minimum Gasteiger partial charge on any atom is -0.489 e. The van der Waals surface area contributed by atoms with Crippen LogP contribution in [0.4, 0.5) is 0 Å². The third-order valence-corrected chi connectivity index (χ3v) is 3.95. The van der Waals surface area contributed by atoms with E-state index in [1.165, 1.54) is 0 Å². The average Bonchev–Trinajstić information content (AvgIpc) is 2.98. The molecule has 23 heavy (non-hydrogen) atoms. The van der Waals surface area contributed by atoms with Gasteiger partial charge in [-0.05, 0) is 32.0 Å². The van der Waals surface area contributed by atoms with Crippen molar-refractivity contribution in [2.24, 2.45) is 4.99 Å². The van der Waals surface area contributed by atoms with Gasteiger partial charge in [0.25, 0.3) is 0 Å². The summed E-state index contributed by atoms with van der Waals surface area (Å²) in [5.41, 5.74) is 3.78. The molecule has 1 N–H and O–H groups in total. The zero-order valence-electron chi connectivity index (χ0n) is 13.4. The summed E-state index contributed by atoms with van der Waals surface area (Å²) in [6.07, 6.45) is -0.130. The molecule has 0 spiro atoms. The van der Waals surface area contributed by atoms with Crippen LogP contribution in [-0.4, -0.2) is 55.9 Å². The Balaban J connectivity index is 1.64. The van der Waals surface area contributed by atoms with Gasteiger partial charge in [-0.15, -0.1) is 0 Å². The van der Waals surface area contributed by atoms with Crippen molar-refractivity contribution in [1.82, 2.24) is 10.4 Å². The van der Waals surface area contributed by atoms with Crippen LogP contribution in [0.2, 0.25) is 5.02 Å². The van der Waals surface area contributed by atoms with Gasteiger partial charge in [-0.25, -0.2) is 15.3 Å². The van der Waals surface area contributed by atoms with Gasteiger partial charge in [0.15, 0.2) is 12.1 Å². The third-order valence-electron chi connectivity index (χ3n) is 3.65. The number of aliphatic imine (C=N–C) groups is 1. The van der Waals surface area contributed by atoms with Gasteiger partial charge in [-0.2, -0.15) is 0 Å². The van der Waals surface area contributed by atoms with E-state index < -0.39 is 0 Å². The van der Waals surface area contributed by atoms with Gasteiger partial charge in [0.2, 0.25) is 0 Å². The summed E-state index contributed by atoms with van der Waals surface area (Å²) >= 11 is 6.27. The van der Waals surface area contributed by atoms with E-state index in [9.17, 15) is 0 Å². The maximum Gasteiger partial charge on any atom is 0.189 e. The molecule has 0 bridgehead atoms. The van der Waals surface area contributed by atoms with Crippen molar-refractivity contribution < 1.29 is 14.3 Å². The first-order chi connectivity index (χ1) is 11.1. The van der Waals surface area contributed by atoms with Gasteiger partial charge in [0.1, 0.15) is 5.75 Å². The number of rotatable bonds is 5. The highest BCUT2D eigenvalue weighted by atomic mass is 35.5. The zero-order valence-corrected chi connectivity index (χ0v) is 14.2. The number of morpholine rings is 1. The molecule has 2 aliphatic heterocycles. The predicted octanol–water partition coefficient (Wildman–Crippen LogP) is 2.07. The Labute approximate surface area is 141 Å². The predicted molar refractivity (Wildman–Crippen MR) is 89.0 cm³/mol. The number of hydrogen-bond acceptors (Lipinski definition) is 6. The highest BCUT2D eigenvalue weighted by Gasteiger charge is 2.23. The Morgan fingerprint density at radius 2 is 2.17 bits per heavy atom. The summed E-state index contributed by atoms with van der Waals surface area (Å²) in [6, 6.07) is 5.62. The highest BCUT2D eigenvalue weighted by Crippen LogP contribution is 2.27. The van der Waals surface area contributed by atoms with E-state index in [0.717, 1.165) is 38.4 Å². The van der Waals surface area contributed by atoms with Gasteiger partial charge in [-0.3, -0.25) is 4.90 Å². The van der Waals surface area contributed by atoms with E-state index in [-0.39, 0.29) is 12.3 Å². The molecule has 1 fully saturated rings. The van der Waals surface area contributed by atoms with Crippen molar-refractivity contribution in [2.75, 3.05) is 32.8 Å². The summed E-state index contributed by atoms with van der Waals surface area (Å²) in [5.74, 6) is 1.37. The first-order valence-electron chi connectivity index (χ1n) is 7.88. The van der Waals surface area contributed by atoms with Crippen LogP contribution in [0.15, 0.2) is 23.2 Å². The second-order valence-electron chi connectivity index (χ2n) is 5.88. The Kier molecular flexibility index (Phi) is 5.38. The average molecular weight is 340 g/mol. The summed E-state index contributed by atoms with van der Waals surface area (Å²) in [5, 5.41) is 0.567. The third kappa shape index (κ3) is 4.35. The largest absolute Gasteiger partial charge is 0.489 e. The normalized spacial score (nSPS) is 22.1. The van der Waals surface area contributed by atoms with Crippen molar-refractivity contribution in [3.05, 3.63) is 28.8 Å². The van der Waals surface area contributed by atoms with E-state index in [4.69, 9.17) is 25.9 Å². The van der Waals surface area contributed by atoms with Crippen LogP contribution < -0.4 is 10.2 Å². The molecule has 3 rings (SSSR count). The molecule has 1 saturated heterocycles. The number of amidine groups is 1. The number of hydroxylamine groups is 1. The van der Waals surface area contributed by atoms with Crippen molar-refractivity contribution in [1.29, 1.82) is 0 Å². The van der Waals surface area contributed by atoms with Gasteiger partial charge in [-0.1, -0.05) is 11.6 Å². The minimum atomic E-state index is -0.214. The quantitative estimate of drug-likeness (QED) is 0.890. The van der Waals surface area contributed by atoms with Crippen LogP contribution in [0, 0.1) is 0 Å². The van der Waals surface area contributed by atoms with Crippen LogP contribution >= 0.6 is 11.6 Å². The van der Waals surface area contributed by atoms with Crippen LogP contribution in [0.1, 0.15) is 19.4 Å². The lowest BCUT2D eigenvalue weighted by molar-refractivity contribution is -0.0169. The fourth-order valence-electron chi connectivity index (χ4n) is 2.53. The van der Waals surface area contributed by atoms with E-state index in [1.54, 1.807) is 0 Å². The fourth-order valence-corrected chi connectivity index (χ4v) is 2.76. The number of halogens is 1. The minimum absolute atomic E-state index is 0.0848. The standard InChI is InChI=1S/C16H22ClN3O3/c1-11(2)22-14-4-3-12(9-13(14)17)16-18-15(23-19-16)10-20-5-7-21-8-6-20/h3-4,9,11,15H,5-8,10H2,1-2H3,(H,18,19). The Hall–Kier alpha value is -1.34. The van der Waals surface area contributed by atoms with Crippen LogP contribution in [0.25, 0.3) is 0 Å². The van der Waals surface area contributed by atoms with E-state index in [0.29, 0.717) is 16.6 Å². The van der Waals surface area contributed by atoms with Crippen molar-refractivity contribution in [3.63, 3.8) is 0 Å². The Morgan fingerprint density at radius 3 is 2.87 bits per heavy atom. The topological polar surface area (TPSA) is 55.3 Å². The van der Waals surface area contributed by atoms with E-state index in [1.807, 2.05) is 32.0 Å². The number of benzene rings is 1. The Morgan fingerprint density at radius 1 is 1.39 bits per heavy atom. The SMILES string of the molecule is CC(C)Oc1ccc(C2=NC(CN3CCOCC3)ON2)cc1Cl. The van der Waals surface area contributed by atoms with E-state index in [2.05, 4.69) is 15.4 Å². The Bertz CT molecular complexity index is 574. The first-order valence-corrected chi connectivity index (χ1v) is 8.26. The molecular weight excluding hydrogens is 318 g/mol. The molecule has 0 saturated carbocycles. The summed E-state index contributed by atoms with van der Waals surface area (Å²) in [7, 11) is 0. The molecule has 2 heterocycles. The molecule has 7 heteroatoms. The zero-order chi connectivity index (χ0) is 16.2. The molecular formula is C16H22ClN3O3. The number of hydrogen-bond donors (Lipinski definition) is 1. The van der Waals surface area contributed by atoms with Crippen molar-refractivity contribution in [3.8, 4) is 5.75 Å². The monoisotopic (exact) mass is 339 g/mol. The highest BCUT2D eigenvalue weighted by molar-refractivity contribution is 6.32. The van der Waals surface area contributed by atoms with Crippen molar-refractivity contribution >= 4 is 17.4 Å². The van der Waals surface area contributed by atoms with E-state index >= 15 is 0 Å². The smallest absolute Gasteiger partial charge is 0.189 e. The molecule has 0 aliphatic carbocycles. The number of nitrogens with one attached hydrogen (secondary N) is 1. The van der Waals surface area contributed by atoms with Gasteiger partial charge in [0, 0.05) is 25.2 Å². The van der Waals surface area contributed by atoms with Crippen LogP contribution in [-0.2, 0) is 9.57 Å². The molecule has 0 amide bonds. The van der Waals surface area contributed by atoms with Crippen LogP contribution in [0.3, 0.4) is 0 Å². The molecule has 1 aromatic rings. The summed E-state index contributed by atoms with van der Waals surface area (Å²) in [6.45, 7) is 8.05. The van der Waals surface area contributed by atoms with Crippen LogP contribution in [0.5, 0.6) is 5.75 Å². The maximum absolute atomic E-state index is 6.27. The second kappa shape index (κ2) is 7.49. The lowest BCUT2D eigenvalue weighted by atomic mass is 10.2. The maximum atomic E-state index is 6.27. The lowest BCUT2D eigenvalue weighted by Gasteiger charge is -2.27. The molecule has 0 aromatic heterocycles. The number of nitrogens with zero attached hydrogens (tertiary/aromatic N) is 2. The fraction of sp³-hybridized carbons (Fsp3) is 0.562. The molecule has 1 atom stereocenters. The van der Waals surface area contributed by atoms with Crippen molar-refractivity contribution in [2.45, 2.75) is 26.2 Å². The molecule has 1 unspecified atom stereocenters. The van der Waals surface area contributed by atoms with Gasteiger partial charge < -0.3 is 9.47 Å². The summed E-state index contributed by atoms with van der Waals surface area (Å²) in [4.78, 5) is 12.4. The first kappa shape index (κ1) is 16.5. The number of ether oxygens (including phenoxy) is 2. The van der Waals surface area contributed by atoms with Gasteiger partial charge >= 0.3 is 0 Å². The second-order valence-corrected chi connectivity index (χ2v) is 6.28. The molecule has 6 nitrogen and oxygen atoms in total. The lowest BCUT2D eigenvalue weighted by Crippen LogP contribution is -2.40. The molecule has 126 valence electrons. The summed E-state index contributed by atoms with van der Waals surface area (Å²) < 4.78 is 11.0. The molecule has 2 aliphatic rings. The van der Waals surface area contributed by atoms with Gasteiger partial charge in [0.05, 0.1) is 24.3 Å². The molecule has 0 radical (unpaired) electrons. The molecule has 1 aromatic carbocycles.